The summed E-state index contributed by atoms with van der Waals surface area (Å²) in [6.07, 6.45) is 3.06. The molecule has 5 fully saturated rings. The molecule has 0 saturated carbocycles. The van der Waals surface area contributed by atoms with Crippen molar-refractivity contribution in [3.63, 3.8) is 0 Å². The highest BCUT2D eigenvalue weighted by Gasteiger charge is 2.56. The molecule has 5 heterocycles. The first-order chi connectivity index (χ1) is 30.9. The van der Waals surface area contributed by atoms with Crippen LogP contribution < -0.4 is 0 Å². The Morgan fingerprint density at radius 2 is 0.960 bits per heavy atom. The van der Waals surface area contributed by atoms with Crippen molar-refractivity contribution in [3.05, 3.63) is 0 Å². The van der Waals surface area contributed by atoms with E-state index in [1.165, 1.54) is 7.11 Å². The summed E-state index contributed by atoms with van der Waals surface area (Å²) in [6, 6.07) is 0. The lowest BCUT2D eigenvalue weighted by molar-refractivity contribution is -0.184. The molecule has 75 heavy (non-hydrogen) atoms. The monoisotopic (exact) mass is 1080 g/mol. The molecule has 4 atom stereocenters. The van der Waals surface area contributed by atoms with Gasteiger partial charge in [0, 0.05) is 13.5 Å². The zero-order valence-electron chi connectivity index (χ0n) is 46.2. The van der Waals surface area contributed by atoms with E-state index in [1.807, 2.05) is 104 Å². The van der Waals surface area contributed by atoms with Crippen LogP contribution >= 0.6 is 0 Å². The van der Waals surface area contributed by atoms with Gasteiger partial charge in [0.05, 0.1) is 59.6 Å². The molecule has 5 rings (SSSR count). The second-order valence-electron chi connectivity index (χ2n) is 24.0. The number of methoxy groups -OCH3 is 1. The molecule has 5 aliphatic heterocycles. The second-order valence-corrected chi connectivity index (χ2v) is 24.0. The maximum atomic E-state index is 12.1. The van der Waals surface area contributed by atoms with E-state index in [1.54, 1.807) is 41.5 Å². The molecule has 0 radical (unpaired) electrons. The van der Waals surface area contributed by atoms with E-state index >= 15 is 0 Å². The Labute approximate surface area is 456 Å². The molecular formula is C58H112O17. The molecule has 4 unspecified atom stereocenters. The first-order valence-corrected chi connectivity index (χ1v) is 24.1. The minimum Gasteiger partial charge on any atom is -0.465 e. The standard InChI is InChI=1S/C13H22O5.C13H22O4.C12H20O4.C8H14O2.C6H10O2.6CH4/c1-6-12(2,3)11(15)17-9-7-10(14)18-13(9,4)8-16-5;1-7-11(2,3)10(15)17-13(6)8-9(14)16-12(13,4)5;1-6-11(2,3)10(14)15-8-7-9(13)16-12(8,4)5;1-7(2)5-8(3,4)10-6(7)9;1-6(2)3-4-8-5(6)7;;;;;;/h9H,6-8H2,1-5H3;7-8H2,1-6H3;8H,6-7H2,1-5H3;5H2,1-4H3;3-4H2,1-2H3;6*1H4. The molecule has 446 valence electrons. The van der Waals surface area contributed by atoms with Crippen molar-refractivity contribution in [2.24, 2.45) is 27.1 Å². The van der Waals surface area contributed by atoms with Crippen LogP contribution in [0.3, 0.4) is 0 Å². The van der Waals surface area contributed by atoms with Gasteiger partial charge in [0.15, 0.2) is 23.4 Å². The zero-order valence-corrected chi connectivity index (χ0v) is 46.2. The van der Waals surface area contributed by atoms with Crippen LogP contribution in [0.2, 0.25) is 0 Å². The van der Waals surface area contributed by atoms with Gasteiger partial charge in [0.2, 0.25) is 0 Å². The maximum absolute atomic E-state index is 12.1. The van der Waals surface area contributed by atoms with Crippen molar-refractivity contribution in [2.75, 3.05) is 20.3 Å². The quantitative estimate of drug-likeness (QED) is 0.139. The highest BCUT2D eigenvalue weighted by molar-refractivity contribution is 5.81. The van der Waals surface area contributed by atoms with Gasteiger partial charge in [0.1, 0.15) is 16.8 Å². The summed E-state index contributed by atoms with van der Waals surface area (Å²) in [5.41, 5.74) is -5.59. The highest BCUT2D eigenvalue weighted by atomic mass is 16.6. The SMILES string of the molecule is C.C.C.C.C.C.CC1(C)CC(C)(C)C(=O)O1.CC1(C)CCOC1=O.CCC(C)(C)C(=O)OC1(C)CC(=O)OC1(C)C.CCC(C)(C)C(=O)OC1CC(=O)OC1(C)C.CCC(C)(C)C(=O)OC1CC(=O)OC1(C)COC. The van der Waals surface area contributed by atoms with Crippen LogP contribution in [0.1, 0.15) is 241 Å². The lowest BCUT2D eigenvalue weighted by atomic mass is 9.85. The molecule has 0 aromatic rings. The Kier molecular flexibility index (Phi) is 32.9. The number of hydrogen-bond donors (Lipinski definition) is 0. The summed E-state index contributed by atoms with van der Waals surface area (Å²) in [6.45, 7) is 39.7. The number of rotatable bonds is 11. The fraction of sp³-hybridized carbons (Fsp3) is 0.862. The summed E-state index contributed by atoms with van der Waals surface area (Å²) >= 11 is 0. The first-order valence-electron chi connectivity index (χ1n) is 24.1. The number of cyclic esters (lactones) is 5. The minimum atomic E-state index is -0.884. The van der Waals surface area contributed by atoms with Crippen molar-refractivity contribution < 1.29 is 81.0 Å². The molecule has 0 N–H and O–H groups in total. The average Bonchev–Trinajstić information content (AvgIpc) is 3.87. The Morgan fingerprint density at radius 3 is 1.24 bits per heavy atom. The zero-order chi connectivity index (χ0) is 54.2. The van der Waals surface area contributed by atoms with Crippen LogP contribution in [0.25, 0.3) is 0 Å². The van der Waals surface area contributed by atoms with Crippen molar-refractivity contribution in [3.8, 4) is 0 Å². The van der Waals surface area contributed by atoms with E-state index in [2.05, 4.69) is 0 Å². The molecular weight excluding hydrogens is 969 g/mol. The van der Waals surface area contributed by atoms with Gasteiger partial charge in [-0.15, -0.1) is 0 Å². The van der Waals surface area contributed by atoms with E-state index in [4.69, 9.17) is 42.6 Å². The summed E-state index contributed by atoms with van der Waals surface area (Å²) in [4.78, 5) is 91.6. The molecule has 0 bridgehead atoms. The van der Waals surface area contributed by atoms with Crippen molar-refractivity contribution in [2.45, 2.75) is 282 Å². The van der Waals surface area contributed by atoms with Crippen molar-refractivity contribution in [1.82, 2.24) is 0 Å². The number of ether oxygens (including phenoxy) is 9. The summed E-state index contributed by atoms with van der Waals surface area (Å²) in [5.74, 6) is -1.98. The lowest BCUT2D eigenvalue weighted by Crippen LogP contribution is -2.49. The van der Waals surface area contributed by atoms with Gasteiger partial charge in [-0.2, -0.15) is 0 Å². The number of carbonyl (C=O) groups is 8. The van der Waals surface area contributed by atoms with Crippen LogP contribution in [-0.2, 0) is 81.0 Å². The molecule has 0 spiro atoms. The molecule has 0 aromatic carbocycles. The lowest BCUT2D eigenvalue weighted by Gasteiger charge is -2.36. The fourth-order valence-electron chi connectivity index (χ4n) is 6.98. The van der Waals surface area contributed by atoms with Gasteiger partial charge < -0.3 is 42.6 Å². The Bertz CT molecular complexity index is 1870. The third-order valence-corrected chi connectivity index (χ3v) is 13.9. The minimum absolute atomic E-state index is 0. The van der Waals surface area contributed by atoms with E-state index in [-0.39, 0.29) is 135 Å². The summed E-state index contributed by atoms with van der Waals surface area (Å²) < 4.78 is 46.7. The Morgan fingerprint density at radius 1 is 0.547 bits per heavy atom. The van der Waals surface area contributed by atoms with E-state index < -0.39 is 50.9 Å². The Balaban J connectivity index is -0.000000199. The van der Waals surface area contributed by atoms with Crippen molar-refractivity contribution >= 4 is 47.8 Å². The third-order valence-electron chi connectivity index (χ3n) is 13.9. The summed E-state index contributed by atoms with van der Waals surface area (Å²) in [5, 5.41) is 0. The van der Waals surface area contributed by atoms with Gasteiger partial charge in [-0.05, 0) is 150 Å². The van der Waals surface area contributed by atoms with Crippen LogP contribution in [-0.4, -0.2) is 108 Å². The smallest absolute Gasteiger partial charge is 0.312 e. The fourth-order valence-corrected chi connectivity index (χ4v) is 6.98. The van der Waals surface area contributed by atoms with Gasteiger partial charge in [-0.1, -0.05) is 65.3 Å². The van der Waals surface area contributed by atoms with E-state index in [9.17, 15) is 38.4 Å². The van der Waals surface area contributed by atoms with E-state index in [0.29, 0.717) is 25.9 Å². The molecule has 0 amide bonds. The second kappa shape index (κ2) is 30.0. The van der Waals surface area contributed by atoms with Gasteiger partial charge in [-0.3, -0.25) is 38.4 Å². The van der Waals surface area contributed by atoms with Crippen LogP contribution in [0.15, 0.2) is 0 Å². The molecule has 5 saturated heterocycles. The van der Waals surface area contributed by atoms with E-state index in [0.717, 1.165) is 12.8 Å². The molecule has 17 nitrogen and oxygen atoms in total. The normalized spacial score (nSPS) is 24.6. The number of carbonyl (C=O) groups excluding carboxylic acids is 8. The molecule has 17 heteroatoms. The number of esters is 8. The van der Waals surface area contributed by atoms with Crippen LogP contribution in [0.4, 0.5) is 0 Å². The first kappa shape index (κ1) is 82.1. The predicted octanol–water partition coefficient (Wildman–Crippen LogP) is 12.7. The predicted molar refractivity (Wildman–Crippen MR) is 295 cm³/mol. The van der Waals surface area contributed by atoms with Gasteiger partial charge in [-0.25, -0.2) is 0 Å². The van der Waals surface area contributed by atoms with Crippen molar-refractivity contribution in [1.29, 1.82) is 0 Å². The Hall–Kier alpha value is -4.28. The van der Waals surface area contributed by atoms with Crippen LogP contribution in [0.5, 0.6) is 0 Å². The third kappa shape index (κ3) is 22.7. The molecule has 5 aliphatic rings. The van der Waals surface area contributed by atoms with Crippen LogP contribution in [0, 0.1) is 27.1 Å². The van der Waals surface area contributed by atoms with Gasteiger partial charge in [0.25, 0.3) is 0 Å². The molecule has 0 aromatic heterocycles. The van der Waals surface area contributed by atoms with Gasteiger partial charge >= 0.3 is 47.8 Å². The molecule has 0 aliphatic carbocycles. The maximum Gasteiger partial charge on any atom is 0.312 e. The average molecular weight is 1080 g/mol. The topological polar surface area (TPSA) is 220 Å². The highest BCUT2D eigenvalue weighted by Crippen LogP contribution is 2.42. The number of hydrogen-bond acceptors (Lipinski definition) is 17. The summed E-state index contributed by atoms with van der Waals surface area (Å²) in [7, 11) is 1.52. The largest absolute Gasteiger partial charge is 0.465 e.